The van der Waals surface area contributed by atoms with Crippen molar-refractivity contribution in [1.82, 2.24) is 0 Å². The van der Waals surface area contributed by atoms with Gasteiger partial charge in [-0.3, -0.25) is 4.79 Å². The molecule has 2 rings (SSSR count). The van der Waals surface area contributed by atoms with E-state index >= 15 is 0 Å². The summed E-state index contributed by atoms with van der Waals surface area (Å²) in [5, 5.41) is 0. The van der Waals surface area contributed by atoms with Crippen LogP contribution in [0.2, 0.25) is 0 Å². The Morgan fingerprint density at radius 2 is 2.00 bits per heavy atom. The van der Waals surface area contributed by atoms with Crippen LogP contribution < -0.4 is 11.5 Å². The molecule has 0 heterocycles. The molecule has 1 aromatic rings. The second-order valence-corrected chi connectivity index (χ2v) is 4.06. The van der Waals surface area contributed by atoms with Crippen LogP contribution in [-0.2, 0) is 6.42 Å². The third-order valence-electron chi connectivity index (χ3n) is 2.72. The summed E-state index contributed by atoms with van der Waals surface area (Å²) in [7, 11) is 0. The van der Waals surface area contributed by atoms with Crippen molar-refractivity contribution in [2.45, 2.75) is 24.8 Å². The molecule has 0 aliphatic heterocycles. The number of rotatable bonds is 3. The van der Waals surface area contributed by atoms with E-state index in [9.17, 15) is 4.79 Å². The Morgan fingerprint density at radius 1 is 1.36 bits per heavy atom. The molecule has 0 spiro atoms. The second-order valence-electron chi connectivity index (χ2n) is 4.06. The number of carbonyl (C=O) groups is 1. The summed E-state index contributed by atoms with van der Waals surface area (Å²) in [5.41, 5.74) is 12.8. The highest BCUT2D eigenvalue weighted by Crippen LogP contribution is 2.36. The van der Waals surface area contributed by atoms with Gasteiger partial charge in [0.1, 0.15) is 0 Å². The largest absolute Gasteiger partial charge is 0.366 e. The van der Waals surface area contributed by atoms with Gasteiger partial charge in [-0.25, -0.2) is 0 Å². The zero-order valence-electron chi connectivity index (χ0n) is 7.99. The number of nitrogens with two attached hydrogens (primary N) is 2. The minimum absolute atomic E-state index is 0.0778. The van der Waals surface area contributed by atoms with Gasteiger partial charge in [0.2, 0.25) is 5.91 Å². The van der Waals surface area contributed by atoms with Crippen molar-refractivity contribution < 1.29 is 4.79 Å². The van der Waals surface area contributed by atoms with Crippen molar-refractivity contribution >= 4 is 5.91 Å². The molecule has 1 aromatic carbocycles. The van der Waals surface area contributed by atoms with Gasteiger partial charge in [0, 0.05) is 11.1 Å². The van der Waals surface area contributed by atoms with Crippen LogP contribution in [0.1, 0.15) is 28.8 Å². The Balaban J connectivity index is 2.27. The van der Waals surface area contributed by atoms with Crippen molar-refractivity contribution in [2.75, 3.05) is 0 Å². The fraction of sp³-hybridized carbons (Fsp3) is 0.364. The summed E-state index contributed by atoms with van der Waals surface area (Å²) >= 11 is 0. The molecule has 1 amide bonds. The van der Waals surface area contributed by atoms with E-state index in [4.69, 9.17) is 11.5 Å². The number of carbonyl (C=O) groups excluding carboxylic acids is 1. The minimum Gasteiger partial charge on any atom is -0.366 e. The molecule has 14 heavy (non-hydrogen) atoms. The van der Waals surface area contributed by atoms with E-state index in [2.05, 4.69) is 0 Å². The van der Waals surface area contributed by atoms with E-state index in [1.165, 1.54) is 0 Å². The molecule has 0 atom stereocenters. The Bertz CT molecular complexity index is 369. The first-order valence-corrected chi connectivity index (χ1v) is 4.77. The van der Waals surface area contributed by atoms with Gasteiger partial charge < -0.3 is 11.5 Å². The topological polar surface area (TPSA) is 69.1 Å². The van der Waals surface area contributed by atoms with Crippen LogP contribution in [0.15, 0.2) is 24.3 Å². The van der Waals surface area contributed by atoms with Crippen LogP contribution in [-0.4, -0.2) is 11.4 Å². The smallest absolute Gasteiger partial charge is 0.248 e. The van der Waals surface area contributed by atoms with E-state index < -0.39 is 0 Å². The Kier molecular flexibility index (Phi) is 2.04. The summed E-state index contributed by atoms with van der Waals surface area (Å²) in [6.45, 7) is 0. The van der Waals surface area contributed by atoms with Crippen molar-refractivity contribution in [3.05, 3.63) is 35.4 Å². The highest BCUT2D eigenvalue weighted by atomic mass is 16.1. The molecule has 1 saturated carbocycles. The fourth-order valence-electron chi connectivity index (χ4n) is 1.63. The number of benzene rings is 1. The molecule has 1 fully saturated rings. The summed E-state index contributed by atoms with van der Waals surface area (Å²) in [6, 6.07) is 7.41. The molecule has 0 bridgehead atoms. The van der Waals surface area contributed by atoms with E-state index in [-0.39, 0.29) is 11.4 Å². The average Bonchev–Trinajstić information content (AvgIpc) is 2.84. The lowest BCUT2D eigenvalue weighted by Crippen LogP contribution is -2.26. The third kappa shape index (κ3) is 1.77. The minimum atomic E-state index is -0.371. The molecule has 3 nitrogen and oxygen atoms in total. The number of hydrogen-bond donors (Lipinski definition) is 2. The van der Waals surface area contributed by atoms with Gasteiger partial charge in [0.25, 0.3) is 0 Å². The van der Waals surface area contributed by atoms with Gasteiger partial charge in [0.15, 0.2) is 0 Å². The molecule has 4 N–H and O–H groups in total. The lowest BCUT2D eigenvalue weighted by molar-refractivity contribution is 0.0999. The first-order valence-electron chi connectivity index (χ1n) is 4.77. The number of amides is 1. The van der Waals surface area contributed by atoms with E-state index in [1.807, 2.05) is 18.2 Å². The van der Waals surface area contributed by atoms with Crippen LogP contribution in [0.25, 0.3) is 0 Å². The van der Waals surface area contributed by atoms with Crippen molar-refractivity contribution in [3.8, 4) is 0 Å². The Morgan fingerprint density at radius 3 is 2.57 bits per heavy atom. The van der Waals surface area contributed by atoms with Gasteiger partial charge in [-0.1, -0.05) is 18.2 Å². The van der Waals surface area contributed by atoms with Crippen LogP contribution in [0.5, 0.6) is 0 Å². The Hall–Kier alpha value is -1.35. The van der Waals surface area contributed by atoms with E-state index in [1.54, 1.807) is 6.07 Å². The average molecular weight is 190 g/mol. The zero-order valence-corrected chi connectivity index (χ0v) is 7.99. The van der Waals surface area contributed by atoms with Crippen LogP contribution >= 0.6 is 0 Å². The standard InChI is InChI=1S/C11H14N2O/c12-10(14)9-4-2-1-3-8(9)7-11(13)5-6-11/h1-4H,5-7,13H2,(H2,12,14). The highest BCUT2D eigenvalue weighted by Gasteiger charge is 2.38. The maximum absolute atomic E-state index is 11.1. The predicted octanol–water partition coefficient (Wildman–Crippen LogP) is 0.819. The molecule has 74 valence electrons. The van der Waals surface area contributed by atoms with Gasteiger partial charge >= 0.3 is 0 Å². The molecule has 1 aliphatic carbocycles. The summed E-state index contributed by atoms with van der Waals surface area (Å²) < 4.78 is 0. The summed E-state index contributed by atoms with van der Waals surface area (Å²) in [5.74, 6) is -0.371. The lowest BCUT2D eigenvalue weighted by Gasteiger charge is -2.11. The second kappa shape index (κ2) is 3.10. The van der Waals surface area contributed by atoms with Crippen LogP contribution in [0.3, 0.4) is 0 Å². The number of hydrogen-bond acceptors (Lipinski definition) is 2. The quantitative estimate of drug-likeness (QED) is 0.740. The monoisotopic (exact) mass is 190 g/mol. The van der Waals surface area contributed by atoms with Crippen LogP contribution in [0, 0.1) is 0 Å². The van der Waals surface area contributed by atoms with Gasteiger partial charge in [-0.2, -0.15) is 0 Å². The highest BCUT2D eigenvalue weighted by molar-refractivity contribution is 5.94. The molecule has 0 saturated heterocycles. The maximum atomic E-state index is 11.1. The molecular weight excluding hydrogens is 176 g/mol. The van der Waals surface area contributed by atoms with Gasteiger partial charge in [-0.15, -0.1) is 0 Å². The summed E-state index contributed by atoms with van der Waals surface area (Å²) in [6.07, 6.45) is 2.84. The third-order valence-corrected chi connectivity index (χ3v) is 2.72. The molecule has 3 heteroatoms. The van der Waals surface area contributed by atoms with Crippen LogP contribution in [0.4, 0.5) is 0 Å². The first-order chi connectivity index (χ1) is 6.61. The van der Waals surface area contributed by atoms with E-state index in [0.29, 0.717) is 5.56 Å². The summed E-state index contributed by atoms with van der Waals surface area (Å²) in [4.78, 5) is 11.1. The Labute approximate surface area is 83.1 Å². The zero-order chi connectivity index (χ0) is 10.2. The molecule has 1 aliphatic rings. The molecular formula is C11H14N2O. The fourth-order valence-corrected chi connectivity index (χ4v) is 1.63. The first kappa shape index (κ1) is 9.21. The normalized spacial score (nSPS) is 17.8. The van der Waals surface area contributed by atoms with Crippen molar-refractivity contribution in [2.24, 2.45) is 11.5 Å². The van der Waals surface area contributed by atoms with E-state index in [0.717, 1.165) is 24.8 Å². The van der Waals surface area contributed by atoms with Gasteiger partial charge in [-0.05, 0) is 30.9 Å². The van der Waals surface area contributed by atoms with Gasteiger partial charge in [0.05, 0.1) is 0 Å². The molecule has 0 aromatic heterocycles. The SMILES string of the molecule is NC(=O)c1ccccc1CC1(N)CC1. The number of primary amides is 1. The predicted molar refractivity (Wildman–Crippen MR) is 54.8 cm³/mol. The molecule has 0 unspecified atom stereocenters. The van der Waals surface area contributed by atoms with Crippen molar-refractivity contribution in [1.29, 1.82) is 0 Å². The molecule has 0 radical (unpaired) electrons. The lowest BCUT2D eigenvalue weighted by atomic mass is 9.99. The van der Waals surface area contributed by atoms with Crippen molar-refractivity contribution in [3.63, 3.8) is 0 Å². The maximum Gasteiger partial charge on any atom is 0.248 e.